The zero-order chi connectivity index (χ0) is 25.5. The van der Waals surface area contributed by atoms with Gasteiger partial charge in [0.25, 0.3) is 15.9 Å². The number of nitrogens with one attached hydrogen (secondary N) is 1. The van der Waals surface area contributed by atoms with Crippen LogP contribution in [-0.2, 0) is 14.8 Å². The highest BCUT2D eigenvalue weighted by molar-refractivity contribution is 7.92. The van der Waals surface area contributed by atoms with Crippen LogP contribution in [0.4, 0.5) is 15.8 Å². The van der Waals surface area contributed by atoms with Crippen LogP contribution in [0, 0.1) is 5.82 Å². The third-order valence-corrected chi connectivity index (χ3v) is 7.14. The first kappa shape index (κ1) is 25.3. The Hall–Kier alpha value is -3.79. The minimum Gasteiger partial charge on any atom is -0.494 e. The van der Waals surface area contributed by atoms with Crippen molar-refractivity contribution in [1.82, 2.24) is 4.90 Å². The smallest absolute Gasteiger partial charge is 0.261 e. The Morgan fingerprint density at radius 2 is 1.44 bits per heavy atom. The van der Waals surface area contributed by atoms with Gasteiger partial charge in [0.2, 0.25) is 0 Å². The van der Waals surface area contributed by atoms with Crippen molar-refractivity contribution in [3.63, 3.8) is 0 Å². The zero-order valence-electron chi connectivity index (χ0n) is 19.9. The molecule has 4 rings (SSSR count). The molecule has 3 aromatic carbocycles. The fourth-order valence-corrected chi connectivity index (χ4v) is 4.88. The molecule has 0 unspecified atom stereocenters. The van der Waals surface area contributed by atoms with Crippen LogP contribution in [0.15, 0.2) is 77.7 Å². The van der Waals surface area contributed by atoms with Crippen molar-refractivity contribution in [3.05, 3.63) is 78.6 Å². The highest BCUT2D eigenvalue weighted by Gasteiger charge is 2.22. The van der Waals surface area contributed by atoms with Gasteiger partial charge in [0.15, 0.2) is 6.61 Å². The Bertz CT molecular complexity index is 1260. The van der Waals surface area contributed by atoms with Crippen LogP contribution in [0.3, 0.4) is 0 Å². The lowest BCUT2D eigenvalue weighted by Gasteiger charge is -2.36. The number of sulfonamides is 1. The molecule has 1 N–H and O–H groups in total. The molecule has 3 aromatic rings. The molecule has 1 amide bonds. The lowest BCUT2D eigenvalue weighted by molar-refractivity contribution is -0.133. The van der Waals surface area contributed by atoms with E-state index in [1.807, 2.05) is 6.92 Å². The summed E-state index contributed by atoms with van der Waals surface area (Å²) in [6.07, 6.45) is 0. The minimum atomic E-state index is -3.78. The van der Waals surface area contributed by atoms with Crippen LogP contribution >= 0.6 is 0 Å². The lowest BCUT2D eigenvalue weighted by Crippen LogP contribution is -2.50. The van der Waals surface area contributed by atoms with Crippen molar-refractivity contribution in [2.75, 3.05) is 49.0 Å². The van der Waals surface area contributed by atoms with Crippen LogP contribution in [-0.4, -0.2) is 58.6 Å². The number of carbonyl (C=O) groups is 1. The lowest BCUT2D eigenvalue weighted by atomic mass is 10.2. The molecule has 10 heteroatoms. The molecule has 0 spiro atoms. The van der Waals surface area contributed by atoms with E-state index < -0.39 is 10.0 Å². The predicted octanol–water partition coefficient (Wildman–Crippen LogP) is 3.75. The predicted molar refractivity (Wildman–Crippen MR) is 136 cm³/mol. The van der Waals surface area contributed by atoms with Crippen molar-refractivity contribution < 1.29 is 27.1 Å². The van der Waals surface area contributed by atoms with E-state index in [4.69, 9.17) is 9.47 Å². The Morgan fingerprint density at radius 3 is 2.06 bits per heavy atom. The van der Waals surface area contributed by atoms with Crippen molar-refractivity contribution in [2.24, 2.45) is 0 Å². The first-order chi connectivity index (χ1) is 17.3. The number of piperazine rings is 1. The Kier molecular flexibility index (Phi) is 7.94. The highest BCUT2D eigenvalue weighted by Crippen LogP contribution is 2.22. The van der Waals surface area contributed by atoms with Crippen LogP contribution in [0.25, 0.3) is 0 Å². The Labute approximate surface area is 210 Å². The molecule has 0 radical (unpaired) electrons. The number of rotatable bonds is 9. The molecular weight excluding hydrogens is 485 g/mol. The van der Waals surface area contributed by atoms with Gasteiger partial charge in [-0.15, -0.1) is 0 Å². The van der Waals surface area contributed by atoms with E-state index in [1.54, 1.807) is 41.3 Å². The van der Waals surface area contributed by atoms with E-state index >= 15 is 0 Å². The summed E-state index contributed by atoms with van der Waals surface area (Å²) < 4.78 is 52.0. The van der Waals surface area contributed by atoms with E-state index in [1.165, 1.54) is 36.4 Å². The summed E-state index contributed by atoms with van der Waals surface area (Å²) >= 11 is 0. The maximum Gasteiger partial charge on any atom is 0.261 e. The summed E-state index contributed by atoms with van der Waals surface area (Å²) in [6, 6.07) is 18.9. The van der Waals surface area contributed by atoms with Gasteiger partial charge in [-0.2, -0.15) is 0 Å². The van der Waals surface area contributed by atoms with E-state index in [9.17, 15) is 17.6 Å². The number of anilines is 2. The molecule has 190 valence electrons. The molecule has 0 atom stereocenters. The third-order valence-electron chi connectivity index (χ3n) is 5.74. The summed E-state index contributed by atoms with van der Waals surface area (Å²) in [5.74, 6) is 0.626. The Balaban J connectivity index is 1.26. The van der Waals surface area contributed by atoms with Gasteiger partial charge in [-0.25, -0.2) is 12.8 Å². The molecule has 0 aromatic heterocycles. The summed E-state index contributed by atoms with van der Waals surface area (Å²) in [5.41, 5.74) is 1.34. The van der Waals surface area contributed by atoms with Crippen molar-refractivity contribution in [3.8, 4) is 11.5 Å². The quantitative estimate of drug-likeness (QED) is 0.469. The van der Waals surface area contributed by atoms with Gasteiger partial charge in [0.05, 0.1) is 11.5 Å². The van der Waals surface area contributed by atoms with Crippen LogP contribution in [0.2, 0.25) is 0 Å². The number of amides is 1. The van der Waals surface area contributed by atoms with Crippen molar-refractivity contribution in [2.45, 2.75) is 11.8 Å². The van der Waals surface area contributed by atoms with E-state index in [0.717, 1.165) is 5.69 Å². The number of halogens is 1. The van der Waals surface area contributed by atoms with Gasteiger partial charge in [-0.05, 0) is 79.7 Å². The number of ether oxygens (including phenoxy) is 2. The normalized spacial score (nSPS) is 13.8. The van der Waals surface area contributed by atoms with E-state index in [-0.39, 0.29) is 23.2 Å². The molecule has 1 heterocycles. The SMILES string of the molecule is CCOc1ccc(NS(=O)(=O)c2ccc(OCC(=O)N3CCN(c4ccc(F)cc4)CC3)cc2)cc1. The van der Waals surface area contributed by atoms with Crippen LogP contribution in [0.1, 0.15) is 6.92 Å². The maximum absolute atomic E-state index is 13.1. The summed E-state index contributed by atoms with van der Waals surface area (Å²) in [7, 11) is -3.78. The molecule has 1 aliphatic heterocycles. The molecule has 0 saturated carbocycles. The Morgan fingerprint density at radius 1 is 0.861 bits per heavy atom. The topological polar surface area (TPSA) is 88.2 Å². The van der Waals surface area contributed by atoms with Crippen molar-refractivity contribution >= 4 is 27.3 Å². The summed E-state index contributed by atoms with van der Waals surface area (Å²) in [6.45, 7) is 4.61. The second-order valence-corrected chi connectivity index (χ2v) is 9.85. The van der Waals surface area contributed by atoms with Crippen molar-refractivity contribution in [1.29, 1.82) is 0 Å². The minimum absolute atomic E-state index is 0.0759. The van der Waals surface area contributed by atoms with E-state index in [0.29, 0.717) is 50.0 Å². The molecule has 36 heavy (non-hydrogen) atoms. The molecule has 1 fully saturated rings. The molecule has 0 aliphatic carbocycles. The summed E-state index contributed by atoms with van der Waals surface area (Å²) in [4.78, 5) is 16.5. The first-order valence-corrected chi connectivity index (χ1v) is 13.1. The fraction of sp³-hybridized carbons (Fsp3) is 0.269. The molecule has 1 aliphatic rings. The number of hydrogen-bond donors (Lipinski definition) is 1. The largest absolute Gasteiger partial charge is 0.494 e. The number of hydrogen-bond acceptors (Lipinski definition) is 6. The monoisotopic (exact) mass is 513 g/mol. The second-order valence-electron chi connectivity index (χ2n) is 8.17. The highest BCUT2D eigenvalue weighted by atomic mass is 32.2. The fourth-order valence-electron chi connectivity index (χ4n) is 3.82. The van der Waals surface area contributed by atoms with Gasteiger partial charge in [0, 0.05) is 37.6 Å². The number of carbonyl (C=O) groups excluding carboxylic acids is 1. The number of benzene rings is 3. The molecule has 8 nitrogen and oxygen atoms in total. The molecule has 0 bridgehead atoms. The standard InChI is InChI=1S/C26H28FN3O5S/c1-2-34-23-9-5-21(6-10-23)28-36(32,33)25-13-11-24(12-14-25)35-19-26(31)30-17-15-29(16-18-30)22-7-3-20(27)4-8-22/h3-14,28H,2,15-19H2,1H3. The van der Waals surface area contributed by atoms with Gasteiger partial charge in [0.1, 0.15) is 17.3 Å². The van der Waals surface area contributed by atoms with Gasteiger partial charge < -0.3 is 19.3 Å². The average molecular weight is 514 g/mol. The second kappa shape index (κ2) is 11.3. The van der Waals surface area contributed by atoms with Crippen LogP contribution < -0.4 is 19.1 Å². The number of nitrogens with zero attached hydrogens (tertiary/aromatic N) is 2. The van der Waals surface area contributed by atoms with E-state index in [2.05, 4.69) is 9.62 Å². The average Bonchev–Trinajstić information content (AvgIpc) is 2.89. The van der Waals surface area contributed by atoms with Gasteiger partial charge in [-0.1, -0.05) is 0 Å². The van der Waals surface area contributed by atoms with Gasteiger partial charge >= 0.3 is 0 Å². The van der Waals surface area contributed by atoms with Gasteiger partial charge in [-0.3, -0.25) is 9.52 Å². The first-order valence-electron chi connectivity index (χ1n) is 11.6. The molecule has 1 saturated heterocycles. The van der Waals surface area contributed by atoms with Crippen LogP contribution in [0.5, 0.6) is 11.5 Å². The maximum atomic E-state index is 13.1. The summed E-state index contributed by atoms with van der Waals surface area (Å²) in [5, 5.41) is 0. The zero-order valence-corrected chi connectivity index (χ0v) is 20.7. The third kappa shape index (κ3) is 6.45. The molecular formula is C26H28FN3O5S.